The Bertz CT molecular complexity index is 1100. The van der Waals surface area contributed by atoms with E-state index in [-0.39, 0.29) is 5.56 Å². The summed E-state index contributed by atoms with van der Waals surface area (Å²) in [5, 5.41) is 18.0. The summed E-state index contributed by atoms with van der Waals surface area (Å²) in [4.78, 5) is 16.0. The molecule has 0 aliphatic carbocycles. The third-order valence-electron chi connectivity index (χ3n) is 3.88. The molecule has 2 heterocycles. The summed E-state index contributed by atoms with van der Waals surface area (Å²) in [5.41, 5.74) is 3.51. The molecule has 0 aliphatic rings. The highest BCUT2D eigenvalue weighted by Crippen LogP contribution is 2.20. The molecule has 0 unspecified atom stereocenters. The number of fused-ring (bicyclic) bond motifs is 2. The van der Waals surface area contributed by atoms with E-state index < -0.39 is 5.97 Å². The number of hydrogen-bond acceptors (Lipinski definition) is 3. The topological polar surface area (TPSA) is 78.9 Å². The van der Waals surface area contributed by atoms with E-state index in [2.05, 4.69) is 15.2 Å². The Morgan fingerprint density at radius 1 is 1.08 bits per heavy atom. The number of carboxylic acid groups (broad SMARTS) is 1. The van der Waals surface area contributed by atoms with Crippen molar-refractivity contribution in [1.82, 2.24) is 15.2 Å². The molecule has 116 valence electrons. The molecular formula is C19H13N3O2. The van der Waals surface area contributed by atoms with Gasteiger partial charge in [0.1, 0.15) is 0 Å². The number of aromatic nitrogens is 3. The fourth-order valence-electron chi connectivity index (χ4n) is 2.70. The van der Waals surface area contributed by atoms with Gasteiger partial charge in [-0.25, -0.2) is 9.78 Å². The van der Waals surface area contributed by atoms with E-state index in [1.165, 1.54) is 0 Å². The van der Waals surface area contributed by atoms with E-state index in [1.807, 2.05) is 48.6 Å². The van der Waals surface area contributed by atoms with Gasteiger partial charge in [0.05, 0.1) is 28.5 Å². The molecule has 0 bridgehead atoms. The third-order valence-corrected chi connectivity index (χ3v) is 3.88. The zero-order valence-electron chi connectivity index (χ0n) is 12.6. The van der Waals surface area contributed by atoms with Crippen molar-refractivity contribution < 1.29 is 9.90 Å². The lowest BCUT2D eigenvalue weighted by atomic mass is 10.1. The largest absolute Gasteiger partial charge is 0.478 e. The number of pyridine rings is 1. The van der Waals surface area contributed by atoms with Crippen molar-refractivity contribution in [2.75, 3.05) is 0 Å². The second-order valence-electron chi connectivity index (χ2n) is 5.47. The first kappa shape index (κ1) is 14.1. The van der Waals surface area contributed by atoms with Crippen LogP contribution in [0.25, 0.3) is 34.0 Å². The molecule has 0 spiro atoms. The van der Waals surface area contributed by atoms with E-state index >= 15 is 0 Å². The normalized spacial score (nSPS) is 11.5. The standard InChI is InChI=1S/C19H13N3O2/c23-19(24)16-10-14(21-18-4-2-1-3-15(16)18)7-5-12-6-8-17-13(9-12)11-20-22-17/h1-11H,(H,20,22)(H,23,24)/b7-5+. The number of carbonyl (C=O) groups is 1. The molecule has 4 aromatic rings. The molecule has 0 fully saturated rings. The summed E-state index contributed by atoms with van der Waals surface area (Å²) in [6.45, 7) is 0. The molecule has 0 aliphatic heterocycles. The minimum atomic E-state index is -0.955. The lowest BCUT2D eigenvalue weighted by Gasteiger charge is -2.04. The lowest BCUT2D eigenvalue weighted by Crippen LogP contribution is -2.00. The highest BCUT2D eigenvalue weighted by molar-refractivity contribution is 6.03. The molecule has 2 aromatic heterocycles. The highest BCUT2D eigenvalue weighted by Gasteiger charge is 2.10. The van der Waals surface area contributed by atoms with Crippen LogP contribution in [0.2, 0.25) is 0 Å². The number of para-hydroxylation sites is 1. The monoisotopic (exact) mass is 315 g/mol. The van der Waals surface area contributed by atoms with Crippen LogP contribution in [0.4, 0.5) is 0 Å². The van der Waals surface area contributed by atoms with E-state index in [0.717, 1.165) is 16.5 Å². The van der Waals surface area contributed by atoms with Gasteiger partial charge < -0.3 is 5.11 Å². The van der Waals surface area contributed by atoms with Crippen LogP contribution < -0.4 is 0 Å². The van der Waals surface area contributed by atoms with Crippen LogP contribution in [0.1, 0.15) is 21.6 Å². The summed E-state index contributed by atoms with van der Waals surface area (Å²) in [7, 11) is 0. The second-order valence-corrected chi connectivity index (χ2v) is 5.47. The first-order valence-electron chi connectivity index (χ1n) is 7.45. The van der Waals surface area contributed by atoms with Crippen molar-refractivity contribution in [3.63, 3.8) is 0 Å². The number of rotatable bonds is 3. The summed E-state index contributed by atoms with van der Waals surface area (Å²) in [6, 6.07) is 14.8. The van der Waals surface area contributed by atoms with Crippen LogP contribution in [-0.2, 0) is 0 Å². The van der Waals surface area contributed by atoms with Gasteiger partial charge in [-0.15, -0.1) is 0 Å². The smallest absolute Gasteiger partial charge is 0.336 e. The molecule has 2 aromatic carbocycles. The number of nitrogens with one attached hydrogen (secondary N) is 1. The van der Waals surface area contributed by atoms with Gasteiger partial charge >= 0.3 is 5.97 Å². The average molecular weight is 315 g/mol. The van der Waals surface area contributed by atoms with Gasteiger partial charge in [0, 0.05) is 10.8 Å². The van der Waals surface area contributed by atoms with E-state index in [4.69, 9.17) is 0 Å². The number of H-pyrrole nitrogens is 1. The summed E-state index contributed by atoms with van der Waals surface area (Å²) in [5.74, 6) is -0.955. The molecule has 0 saturated carbocycles. The van der Waals surface area contributed by atoms with Gasteiger partial charge in [-0.1, -0.05) is 30.3 Å². The van der Waals surface area contributed by atoms with Crippen LogP contribution in [0.15, 0.2) is 54.7 Å². The van der Waals surface area contributed by atoms with Crippen molar-refractivity contribution in [3.8, 4) is 0 Å². The maximum Gasteiger partial charge on any atom is 0.336 e. The first-order chi connectivity index (χ1) is 11.7. The van der Waals surface area contributed by atoms with Crippen LogP contribution in [0, 0.1) is 0 Å². The SMILES string of the molecule is O=C(O)c1cc(/C=C/c2ccc3[nH]ncc3c2)nc2ccccc12. The average Bonchev–Trinajstić information content (AvgIpc) is 3.06. The molecule has 5 heteroatoms. The molecule has 0 saturated heterocycles. The Labute approximate surface area is 137 Å². The minimum absolute atomic E-state index is 0.255. The van der Waals surface area contributed by atoms with Crippen LogP contribution in [0.5, 0.6) is 0 Å². The molecular weight excluding hydrogens is 302 g/mol. The van der Waals surface area contributed by atoms with Crippen molar-refractivity contribution in [3.05, 3.63) is 71.5 Å². The fraction of sp³-hybridized carbons (Fsp3) is 0. The van der Waals surface area contributed by atoms with Crippen LogP contribution >= 0.6 is 0 Å². The highest BCUT2D eigenvalue weighted by atomic mass is 16.4. The van der Waals surface area contributed by atoms with Crippen LogP contribution in [-0.4, -0.2) is 26.3 Å². The number of nitrogens with zero attached hydrogens (tertiary/aromatic N) is 2. The number of aromatic amines is 1. The summed E-state index contributed by atoms with van der Waals surface area (Å²) in [6.07, 6.45) is 5.50. The zero-order chi connectivity index (χ0) is 16.5. The Hall–Kier alpha value is -3.47. The minimum Gasteiger partial charge on any atom is -0.478 e. The van der Waals surface area contributed by atoms with Crippen molar-refractivity contribution in [1.29, 1.82) is 0 Å². The van der Waals surface area contributed by atoms with Gasteiger partial charge in [-0.3, -0.25) is 5.10 Å². The molecule has 4 rings (SSSR count). The van der Waals surface area contributed by atoms with Gasteiger partial charge in [-0.2, -0.15) is 5.10 Å². The van der Waals surface area contributed by atoms with Gasteiger partial charge in [-0.05, 0) is 35.9 Å². The number of hydrogen-bond donors (Lipinski definition) is 2. The van der Waals surface area contributed by atoms with E-state index in [0.29, 0.717) is 16.6 Å². The van der Waals surface area contributed by atoms with Gasteiger partial charge in [0.15, 0.2) is 0 Å². The first-order valence-corrected chi connectivity index (χ1v) is 7.45. The number of aromatic carboxylic acids is 1. The number of carboxylic acids is 1. The molecule has 2 N–H and O–H groups in total. The predicted octanol–water partition coefficient (Wildman–Crippen LogP) is 3.98. The third kappa shape index (κ3) is 2.52. The molecule has 0 amide bonds. The molecule has 0 atom stereocenters. The summed E-state index contributed by atoms with van der Waals surface area (Å²) < 4.78 is 0. The lowest BCUT2D eigenvalue weighted by molar-refractivity contribution is 0.0699. The second kappa shape index (κ2) is 5.62. The van der Waals surface area contributed by atoms with Gasteiger partial charge in [0.2, 0.25) is 0 Å². The fourth-order valence-corrected chi connectivity index (χ4v) is 2.70. The maximum atomic E-state index is 11.5. The maximum absolute atomic E-state index is 11.5. The predicted molar refractivity (Wildman–Crippen MR) is 93.7 cm³/mol. The quantitative estimate of drug-likeness (QED) is 0.599. The summed E-state index contributed by atoms with van der Waals surface area (Å²) >= 11 is 0. The Balaban J connectivity index is 1.77. The van der Waals surface area contributed by atoms with Crippen LogP contribution in [0.3, 0.4) is 0 Å². The number of benzene rings is 2. The van der Waals surface area contributed by atoms with Crippen molar-refractivity contribution >= 4 is 39.9 Å². The van der Waals surface area contributed by atoms with Crippen molar-refractivity contribution in [2.24, 2.45) is 0 Å². The Morgan fingerprint density at radius 3 is 2.83 bits per heavy atom. The van der Waals surface area contributed by atoms with Crippen molar-refractivity contribution in [2.45, 2.75) is 0 Å². The zero-order valence-corrected chi connectivity index (χ0v) is 12.6. The molecule has 5 nitrogen and oxygen atoms in total. The van der Waals surface area contributed by atoms with E-state index in [9.17, 15) is 9.90 Å². The molecule has 0 radical (unpaired) electrons. The van der Waals surface area contributed by atoms with E-state index in [1.54, 1.807) is 18.3 Å². The van der Waals surface area contributed by atoms with Gasteiger partial charge in [0.25, 0.3) is 0 Å². The molecule has 24 heavy (non-hydrogen) atoms. The Kier molecular flexibility index (Phi) is 3.31. The Morgan fingerprint density at radius 2 is 1.96 bits per heavy atom.